The van der Waals surface area contributed by atoms with Crippen molar-refractivity contribution in [3.63, 3.8) is 0 Å². The first-order chi connectivity index (χ1) is 12.6. The van der Waals surface area contributed by atoms with E-state index >= 15 is 0 Å². The van der Waals surface area contributed by atoms with Crippen molar-refractivity contribution in [2.24, 2.45) is 0 Å². The lowest BCUT2D eigenvalue weighted by Crippen LogP contribution is -2.02. The van der Waals surface area contributed by atoms with Crippen LogP contribution in [-0.4, -0.2) is 15.1 Å². The first-order valence-corrected chi connectivity index (χ1v) is 10.7. The molecule has 0 unspecified atom stereocenters. The Hall–Kier alpha value is -1.35. The molecule has 132 valence electrons. The second kappa shape index (κ2) is 6.99. The van der Waals surface area contributed by atoms with Gasteiger partial charge in [-0.2, -0.15) is 0 Å². The summed E-state index contributed by atoms with van der Waals surface area (Å²) < 4.78 is 24.8. The molecule has 26 heavy (non-hydrogen) atoms. The van der Waals surface area contributed by atoms with Crippen molar-refractivity contribution in [2.75, 3.05) is 0 Å². The smallest absolute Gasteiger partial charge is 0.308 e. The normalized spacial score (nSPS) is 11.7. The van der Waals surface area contributed by atoms with Gasteiger partial charge in [-0.25, -0.2) is 0 Å². The second-order valence-corrected chi connectivity index (χ2v) is 7.97. The molecule has 0 atom stereocenters. The highest BCUT2D eigenvalue weighted by Crippen LogP contribution is 2.47. The first-order valence-electron chi connectivity index (χ1n) is 7.47. The van der Waals surface area contributed by atoms with Crippen LogP contribution in [0.1, 0.15) is 6.92 Å². The third-order valence-electron chi connectivity index (χ3n) is 4.28. The molecule has 4 aromatic rings. The van der Waals surface area contributed by atoms with Gasteiger partial charge >= 0.3 is 5.97 Å². The highest BCUT2D eigenvalue weighted by atomic mass is 35.7. The second-order valence-electron chi connectivity index (χ2n) is 5.67. The van der Waals surface area contributed by atoms with E-state index in [0.717, 1.165) is 48.2 Å². The van der Waals surface area contributed by atoms with Crippen LogP contribution in [0.2, 0.25) is 0 Å². The predicted molar refractivity (Wildman–Crippen MR) is 110 cm³/mol. The van der Waals surface area contributed by atoms with Crippen LogP contribution in [0.4, 0.5) is 0 Å². The summed E-state index contributed by atoms with van der Waals surface area (Å²) >= 11 is 1.27. The summed E-state index contributed by atoms with van der Waals surface area (Å²) in [6.07, 6.45) is 0. The quantitative estimate of drug-likeness (QED) is 0.161. The van der Waals surface area contributed by atoms with Crippen LogP contribution < -0.4 is 4.74 Å². The minimum atomic E-state index is -0.433. The molecule has 0 radical (unpaired) electrons. The number of esters is 1. The molecule has 0 aromatic heterocycles. The van der Waals surface area contributed by atoms with Gasteiger partial charge in [-0.15, -0.1) is 0 Å². The lowest BCUT2D eigenvalue weighted by molar-refractivity contribution is -0.131. The number of rotatable bonds is 4. The fourth-order valence-corrected chi connectivity index (χ4v) is 5.06. The Balaban J connectivity index is 2.27. The van der Waals surface area contributed by atoms with Crippen molar-refractivity contribution in [3.05, 3.63) is 36.4 Å². The van der Waals surface area contributed by atoms with Gasteiger partial charge in [-0.1, -0.05) is 18.2 Å². The SMILES string of the molecule is CC(=O)Oc1cc(SO)c2ccc3c(SO)cc(SCl)c4ccc1c2c34. The van der Waals surface area contributed by atoms with Crippen molar-refractivity contribution in [2.45, 2.75) is 21.6 Å². The van der Waals surface area contributed by atoms with Gasteiger partial charge in [0.05, 0.1) is 0 Å². The average molecular weight is 423 g/mol. The van der Waals surface area contributed by atoms with E-state index < -0.39 is 5.97 Å². The standard InChI is InChI=1S/C18H11ClO4S3/c1-8(20)23-13-6-15(25-21)11-4-5-12-16(26-22)7-14(24-19)10-3-2-9(13)17(11)18(10)12/h2-7,21-22H,1H3. The minimum absolute atomic E-state index is 0.387. The molecule has 0 saturated carbocycles. The maximum absolute atomic E-state index is 11.5. The molecule has 0 aliphatic carbocycles. The maximum atomic E-state index is 11.5. The van der Waals surface area contributed by atoms with E-state index in [-0.39, 0.29) is 0 Å². The van der Waals surface area contributed by atoms with Crippen molar-refractivity contribution in [3.8, 4) is 5.75 Å². The largest absolute Gasteiger partial charge is 0.426 e. The Bertz CT molecular complexity index is 1140. The van der Waals surface area contributed by atoms with Crippen molar-refractivity contribution < 1.29 is 18.6 Å². The van der Waals surface area contributed by atoms with Crippen molar-refractivity contribution >= 4 is 84.0 Å². The average Bonchev–Trinajstić information content (AvgIpc) is 2.65. The zero-order valence-corrected chi connectivity index (χ0v) is 16.5. The monoisotopic (exact) mass is 422 g/mol. The van der Waals surface area contributed by atoms with E-state index in [9.17, 15) is 13.9 Å². The van der Waals surface area contributed by atoms with Gasteiger partial charge in [0.15, 0.2) is 0 Å². The third kappa shape index (κ3) is 2.70. The number of halogens is 1. The lowest BCUT2D eigenvalue weighted by atomic mass is 9.93. The van der Waals surface area contributed by atoms with Gasteiger partial charge in [0.25, 0.3) is 0 Å². The molecule has 0 heterocycles. The third-order valence-corrected chi connectivity index (χ3v) is 6.35. The van der Waals surface area contributed by atoms with E-state index in [1.165, 1.54) is 6.92 Å². The van der Waals surface area contributed by atoms with E-state index in [1.54, 1.807) is 6.07 Å². The number of benzene rings is 4. The topological polar surface area (TPSA) is 66.8 Å². The summed E-state index contributed by atoms with van der Waals surface area (Å²) in [5.74, 6) is -0.0457. The number of hydrogen-bond acceptors (Lipinski definition) is 7. The number of hydrogen-bond donors (Lipinski definition) is 2. The van der Waals surface area contributed by atoms with E-state index in [0.29, 0.717) is 39.6 Å². The summed E-state index contributed by atoms with van der Waals surface area (Å²) in [5.41, 5.74) is 0. The molecular weight excluding hydrogens is 412 g/mol. The van der Waals surface area contributed by atoms with Crippen LogP contribution in [0.3, 0.4) is 0 Å². The lowest BCUT2D eigenvalue weighted by Gasteiger charge is -2.18. The molecule has 4 nitrogen and oxygen atoms in total. The zero-order chi connectivity index (χ0) is 18.4. The Kier molecular flexibility index (Phi) is 4.85. The fraction of sp³-hybridized carbons (Fsp3) is 0.0556. The van der Waals surface area contributed by atoms with Gasteiger partial charge in [-0.05, 0) is 61.4 Å². The molecule has 0 spiro atoms. The van der Waals surface area contributed by atoms with Crippen LogP contribution in [0.5, 0.6) is 5.75 Å². The number of carbonyl (C=O) groups is 1. The molecule has 8 heteroatoms. The van der Waals surface area contributed by atoms with E-state index in [2.05, 4.69) is 0 Å². The molecular formula is C18H11ClO4S3. The van der Waals surface area contributed by atoms with E-state index in [4.69, 9.17) is 15.4 Å². The summed E-state index contributed by atoms with van der Waals surface area (Å²) in [5, 5.41) is 5.17. The Morgan fingerprint density at radius 2 is 1.38 bits per heavy atom. The molecule has 4 aromatic carbocycles. The molecule has 0 bridgehead atoms. The summed E-state index contributed by atoms with van der Waals surface area (Å²) in [6, 6.07) is 11.1. The highest BCUT2D eigenvalue weighted by molar-refractivity contribution is 8.21. The Morgan fingerprint density at radius 3 is 1.92 bits per heavy atom. The molecule has 0 amide bonds. The molecule has 2 N–H and O–H groups in total. The Morgan fingerprint density at radius 1 is 0.885 bits per heavy atom. The van der Waals surface area contributed by atoms with Gasteiger partial charge < -0.3 is 13.8 Å². The zero-order valence-electron chi connectivity index (χ0n) is 13.3. The molecule has 0 saturated heterocycles. The summed E-state index contributed by atoms with van der Waals surface area (Å²) in [7, 11) is 7.13. The number of ether oxygens (including phenoxy) is 1. The molecule has 0 aliphatic rings. The van der Waals surface area contributed by atoms with Gasteiger partial charge in [0.2, 0.25) is 0 Å². The summed E-state index contributed by atoms with van der Waals surface area (Å²) in [4.78, 5) is 13.6. The van der Waals surface area contributed by atoms with Crippen LogP contribution >= 0.6 is 45.7 Å². The maximum Gasteiger partial charge on any atom is 0.308 e. The fourth-order valence-electron chi connectivity index (χ4n) is 3.32. The van der Waals surface area contributed by atoms with Crippen molar-refractivity contribution in [1.29, 1.82) is 0 Å². The molecule has 4 rings (SSSR count). The van der Waals surface area contributed by atoms with Gasteiger partial charge in [-0.3, -0.25) is 4.79 Å². The van der Waals surface area contributed by atoms with Crippen LogP contribution in [0.15, 0.2) is 51.1 Å². The van der Waals surface area contributed by atoms with Gasteiger partial charge in [0, 0.05) is 56.5 Å². The Labute approximate surface area is 166 Å². The van der Waals surface area contributed by atoms with Gasteiger partial charge in [0.1, 0.15) is 5.75 Å². The van der Waals surface area contributed by atoms with E-state index in [1.807, 2.05) is 30.3 Å². The first kappa shape index (κ1) is 18.0. The van der Waals surface area contributed by atoms with Crippen molar-refractivity contribution in [1.82, 2.24) is 0 Å². The molecule has 0 fully saturated rings. The van der Waals surface area contributed by atoms with Crippen LogP contribution in [0, 0.1) is 0 Å². The summed E-state index contributed by atoms with van der Waals surface area (Å²) in [6.45, 7) is 1.34. The predicted octanol–water partition coefficient (Wildman–Crippen LogP) is 6.89. The highest BCUT2D eigenvalue weighted by Gasteiger charge is 2.19. The van der Waals surface area contributed by atoms with Crippen LogP contribution in [-0.2, 0) is 4.79 Å². The number of carbonyl (C=O) groups excluding carboxylic acids is 1. The molecule has 0 aliphatic heterocycles. The van der Waals surface area contributed by atoms with Crippen LogP contribution in [0.25, 0.3) is 32.3 Å². The minimum Gasteiger partial charge on any atom is -0.426 e.